The van der Waals surface area contributed by atoms with Gasteiger partial charge in [0.15, 0.2) is 5.82 Å². The van der Waals surface area contributed by atoms with Crippen LogP contribution in [-0.2, 0) is 12.6 Å². The van der Waals surface area contributed by atoms with Crippen LogP contribution >= 0.6 is 0 Å². The fraction of sp³-hybridized carbons (Fsp3) is 0.385. The molecule has 7 heteroatoms. The minimum Gasteiger partial charge on any atom is -0.381 e. The number of fused-ring (bicyclic) bond motifs is 1. The number of rotatable bonds is 1. The molecule has 2 heterocycles. The van der Waals surface area contributed by atoms with Gasteiger partial charge in [0.1, 0.15) is 0 Å². The molecule has 2 N–H and O–H groups in total. The van der Waals surface area contributed by atoms with Gasteiger partial charge in [-0.15, -0.1) is 5.10 Å². The van der Waals surface area contributed by atoms with Crippen LogP contribution in [-0.4, -0.2) is 15.0 Å². The van der Waals surface area contributed by atoms with Crippen molar-refractivity contribution in [2.45, 2.75) is 31.5 Å². The van der Waals surface area contributed by atoms with E-state index in [-0.39, 0.29) is 5.56 Å². The fourth-order valence-electron chi connectivity index (χ4n) is 2.74. The van der Waals surface area contributed by atoms with Crippen LogP contribution in [0.5, 0.6) is 0 Å². The Bertz CT molecular complexity index is 633. The van der Waals surface area contributed by atoms with E-state index in [1.807, 2.05) is 0 Å². The Morgan fingerprint density at radius 1 is 1.25 bits per heavy atom. The summed E-state index contributed by atoms with van der Waals surface area (Å²) in [4.78, 5) is 0. The normalized spacial score (nSPS) is 18.9. The Morgan fingerprint density at radius 3 is 2.75 bits per heavy atom. The molecule has 0 saturated carbocycles. The summed E-state index contributed by atoms with van der Waals surface area (Å²) >= 11 is 0. The summed E-state index contributed by atoms with van der Waals surface area (Å²) in [6.07, 6.45) is -2.30. The van der Waals surface area contributed by atoms with Crippen LogP contribution < -0.4 is 5.73 Å². The number of aromatic nitrogens is 3. The fourth-order valence-corrected chi connectivity index (χ4v) is 2.74. The van der Waals surface area contributed by atoms with Gasteiger partial charge in [-0.05, 0) is 30.9 Å². The molecule has 1 aromatic carbocycles. The molecule has 4 nitrogen and oxygen atoms in total. The topological polar surface area (TPSA) is 56.7 Å². The minimum atomic E-state index is -4.37. The largest absolute Gasteiger partial charge is 0.416 e. The molecule has 1 aliphatic rings. The van der Waals surface area contributed by atoms with Crippen molar-refractivity contribution in [2.75, 3.05) is 5.73 Å². The van der Waals surface area contributed by atoms with Crippen molar-refractivity contribution < 1.29 is 13.2 Å². The van der Waals surface area contributed by atoms with Crippen molar-refractivity contribution in [2.24, 2.45) is 0 Å². The number of nitrogen functional groups attached to an aromatic ring is 1. The smallest absolute Gasteiger partial charge is 0.381 e. The maximum atomic E-state index is 13.1. The van der Waals surface area contributed by atoms with E-state index in [0.717, 1.165) is 18.2 Å². The Labute approximate surface area is 113 Å². The molecule has 1 unspecified atom stereocenters. The number of nitrogens with zero attached hydrogens (tertiary/aromatic N) is 3. The lowest BCUT2D eigenvalue weighted by atomic mass is 9.93. The lowest BCUT2D eigenvalue weighted by Gasteiger charge is -2.26. The minimum absolute atomic E-state index is 0.228. The van der Waals surface area contributed by atoms with E-state index in [1.165, 1.54) is 16.8 Å². The first-order valence-electron chi connectivity index (χ1n) is 6.34. The standard InChI is InChI=1S/C13H13F3N4/c14-13(15,16)9-5-2-1-4-8(9)10-6-3-7-11-12(17)18-19-20(10)11/h1-2,4-5,10H,3,6-7,17H2. The second-order valence-corrected chi connectivity index (χ2v) is 4.86. The van der Waals surface area contributed by atoms with Gasteiger partial charge in [-0.3, -0.25) is 0 Å². The molecule has 20 heavy (non-hydrogen) atoms. The maximum absolute atomic E-state index is 13.1. The van der Waals surface area contributed by atoms with E-state index in [4.69, 9.17) is 5.73 Å². The first kappa shape index (κ1) is 13.0. The maximum Gasteiger partial charge on any atom is 0.416 e. The predicted molar refractivity (Wildman–Crippen MR) is 67.0 cm³/mol. The monoisotopic (exact) mass is 282 g/mol. The molecule has 0 fully saturated rings. The summed E-state index contributed by atoms with van der Waals surface area (Å²) in [5.41, 5.74) is 6.04. The van der Waals surface area contributed by atoms with Crippen molar-refractivity contribution in [3.63, 3.8) is 0 Å². The van der Waals surface area contributed by atoms with E-state index in [9.17, 15) is 13.2 Å². The van der Waals surface area contributed by atoms with E-state index >= 15 is 0 Å². The summed E-state index contributed by atoms with van der Waals surface area (Å²) in [7, 11) is 0. The Morgan fingerprint density at radius 2 is 2.00 bits per heavy atom. The average molecular weight is 282 g/mol. The molecule has 1 aliphatic heterocycles. The average Bonchev–Trinajstić information content (AvgIpc) is 2.80. The molecule has 3 rings (SSSR count). The third-order valence-corrected chi connectivity index (χ3v) is 3.63. The number of hydrogen-bond acceptors (Lipinski definition) is 3. The van der Waals surface area contributed by atoms with Crippen molar-refractivity contribution in [3.8, 4) is 0 Å². The van der Waals surface area contributed by atoms with Crippen molar-refractivity contribution in [1.82, 2.24) is 15.0 Å². The molecule has 0 amide bonds. The number of benzene rings is 1. The lowest BCUT2D eigenvalue weighted by molar-refractivity contribution is -0.138. The molecule has 106 valence electrons. The van der Waals surface area contributed by atoms with Gasteiger partial charge in [0.2, 0.25) is 0 Å². The molecule has 2 aromatic rings. The predicted octanol–water partition coefficient (Wildman–Crippen LogP) is 2.80. The SMILES string of the molecule is Nc1nnn2c1CCCC2c1ccccc1C(F)(F)F. The molecule has 0 saturated heterocycles. The van der Waals surface area contributed by atoms with E-state index in [2.05, 4.69) is 10.3 Å². The quantitative estimate of drug-likeness (QED) is 0.875. The Hall–Kier alpha value is -2.05. The molecule has 0 bridgehead atoms. The first-order valence-corrected chi connectivity index (χ1v) is 6.34. The number of anilines is 1. The molecule has 1 atom stereocenters. The summed E-state index contributed by atoms with van der Waals surface area (Å²) in [5, 5.41) is 7.69. The Kier molecular flexibility index (Phi) is 2.92. The van der Waals surface area contributed by atoms with Crippen LogP contribution in [0.1, 0.15) is 35.7 Å². The van der Waals surface area contributed by atoms with Crippen LogP contribution in [0.25, 0.3) is 0 Å². The zero-order valence-corrected chi connectivity index (χ0v) is 10.6. The highest BCUT2D eigenvalue weighted by Gasteiger charge is 2.36. The van der Waals surface area contributed by atoms with Crippen LogP contribution in [0.2, 0.25) is 0 Å². The van der Waals surface area contributed by atoms with E-state index in [0.29, 0.717) is 18.7 Å². The molecule has 0 spiro atoms. The van der Waals surface area contributed by atoms with E-state index in [1.54, 1.807) is 6.07 Å². The van der Waals surface area contributed by atoms with Gasteiger partial charge in [-0.1, -0.05) is 23.4 Å². The third-order valence-electron chi connectivity index (χ3n) is 3.63. The molecular formula is C13H13F3N4. The lowest BCUT2D eigenvalue weighted by Crippen LogP contribution is -2.23. The first-order chi connectivity index (χ1) is 9.48. The third kappa shape index (κ3) is 2.03. The van der Waals surface area contributed by atoms with Crippen molar-refractivity contribution >= 4 is 5.82 Å². The Balaban J connectivity index is 2.12. The second-order valence-electron chi connectivity index (χ2n) is 4.86. The van der Waals surface area contributed by atoms with Crippen LogP contribution in [0, 0.1) is 0 Å². The highest BCUT2D eigenvalue weighted by atomic mass is 19.4. The van der Waals surface area contributed by atoms with Gasteiger partial charge < -0.3 is 5.73 Å². The molecule has 0 aliphatic carbocycles. The van der Waals surface area contributed by atoms with Crippen LogP contribution in [0.4, 0.5) is 19.0 Å². The number of hydrogen-bond donors (Lipinski definition) is 1. The van der Waals surface area contributed by atoms with Gasteiger partial charge in [-0.2, -0.15) is 13.2 Å². The van der Waals surface area contributed by atoms with Gasteiger partial charge >= 0.3 is 6.18 Å². The number of nitrogens with two attached hydrogens (primary N) is 1. The highest BCUT2D eigenvalue weighted by Crippen LogP contribution is 2.39. The second kappa shape index (κ2) is 4.50. The molecule has 0 radical (unpaired) electrons. The van der Waals surface area contributed by atoms with Crippen molar-refractivity contribution in [3.05, 3.63) is 41.1 Å². The van der Waals surface area contributed by atoms with Crippen LogP contribution in [0.15, 0.2) is 24.3 Å². The van der Waals surface area contributed by atoms with Crippen molar-refractivity contribution in [1.29, 1.82) is 0 Å². The van der Waals surface area contributed by atoms with Gasteiger partial charge in [-0.25, -0.2) is 4.68 Å². The zero-order chi connectivity index (χ0) is 14.3. The number of alkyl halides is 3. The molecular weight excluding hydrogens is 269 g/mol. The summed E-state index contributed by atoms with van der Waals surface area (Å²) < 4.78 is 40.9. The molecule has 1 aromatic heterocycles. The van der Waals surface area contributed by atoms with Gasteiger partial charge in [0, 0.05) is 0 Å². The van der Waals surface area contributed by atoms with Crippen LogP contribution in [0.3, 0.4) is 0 Å². The van der Waals surface area contributed by atoms with Gasteiger partial charge in [0.25, 0.3) is 0 Å². The van der Waals surface area contributed by atoms with E-state index < -0.39 is 17.8 Å². The summed E-state index contributed by atoms with van der Waals surface area (Å²) in [6, 6.07) is 5.15. The number of halogens is 3. The summed E-state index contributed by atoms with van der Waals surface area (Å²) in [6.45, 7) is 0. The zero-order valence-electron chi connectivity index (χ0n) is 10.6. The highest BCUT2D eigenvalue weighted by molar-refractivity contribution is 5.38. The summed E-state index contributed by atoms with van der Waals surface area (Å²) in [5.74, 6) is 0.305. The van der Waals surface area contributed by atoms with Gasteiger partial charge in [0.05, 0.1) is 17.3 Å².